The van der Waals surface area contributed by atoms with Crippen LogP contribution in [0.5, 0.6) is 0 Å². The second-order valence-electron chi connectivity index (χ2n) is 2.62. The highest BCUT2D eigenvalue weighted by molar-refractivity contribution is 5.81. The molecule has 0 aromatic rings. The van der Waals surface area contributed by atoms with Gasteiger partial charge in [-0.2, -0.15) is 0 Å². The van der Waals surface area contributed by atoms with E-state index in [1.54, 1.807) is 4.90 Å². The highest BCUT2D eigenvalue weighted by atomic mass is 19.1. The van der Waals surface area contributed by atoms with Crippen molar-refractivity contribution in [1.82, 2.24) is 10.2 Å². The topological polar surface area (TPSA) is 70.8 Å². The predicted molar refractivity (Wildman–Crippen MR) is 44.6 cm³/mol. The number of hydrogen-bond acceptors (Lipinski definition) is 2. The average molecular weight is 190 g/mol. The quantitative estimate of drug-likeness (QED) is 0.492. The second kappa shape index (κ2) is 4.58. The molecule has 0 aromatic heterocycles. The summed E-state index contributed by atoms with van der Waals surface area (Å²) in [5.41, 5.74) is 0. The average Bonchev–Trinajstić information content (AvgIpc) is 2.48. The Bertz CT molecular complexity index is 221. The zero-order chi connectivity index (χ0) is 9.68. The van der Waals surface area contributed by atoms with E-state index in [1.807, 2.05) is 0 Å². The summed E-state index contributed by atoms with van der Waals surface area (Å²) < 4.78 is 11.8. The Hall–Kier alpha value is -1.40. The standard InChI is InChI=1S/C6H11FN4O2/c7-2-1-4-10-5-3-8-6(10)9-11(12)13/h1-5H2,(H,8,9). The lowest BCUT2D eigenvalue weighted by molar-refractivity contribution is -0.485. The molecule has 0 spiro atoms. The molecule has 1 aliphatic rings. The smallest absolute Gasteiger partial charge is 0.271 e. The number of hydrazone groups is 1. The van der Waals surface area contributed by atoms with Crippen LogP contribution in [0.3, 0.4) is 0 Å². The lowest BCUT2D eigenvalue weighted by Gasteiger charge is -2.13. The fraction of sp³-hybridized carbons (Fsp3) is 0.833. The summed E-state index contributed by atoms with van der Waals surface area (Å²) in [6.45, 7) is 1.32. The Morgan fingerprint density at radius 1 is 1.77 bits per heavy atom. The Labute approximate surface area is 74.6 Å². The van der Waals surface area contributed by atoms with Crippen molar-refractivity contribution >= 4 is 5.96 Å². The van der Waals surface area contributed by atoms with Crippen molar-refractivity contribution in [3.05, 3.63) is 10.1 Å². The zero-order valence-electron chi connectivity index (χ0n) is 7.07. The molecule has 74 valence electrons. The first-order valence-corrected chi connectivity index (χ1v) is 4.02. The number of halogens is 1. The second-order valence-corrected chi connectivity index (χ2v) is 2.62. The minimum Gasteiger partial charge on any atom is -0.349 e. The molecular weight excluding hydrogens is 179 g/mol. The van der Waals surface area contributed by atoms with Crippen molar-refractivity contribution in [3.63, 3.8) is 0 Å². The number of nitrogens with one attached hydrogen (secondary N) is 1. The predicted octanol–water partition coefficient (Wildman–Crippen LogP) is -0.201. The van der Waals surface area contributed by atoms with Gasteiger partial charge in [-0.3, -0.25) is 4.39 Å². The number of nitrogens with zero attached hydrogens (tertiary/aromatic N) is 3. The third kappa shape index (κ3) is 2.85. The Balaban J connectivity index is 2.48. The number of guanidine groups is 1. The van der Waals surface area contributed by atoms with Crippen LogP contribution in [-0.2, 0) is 0 Å². The molecule has 0 saturated carbocycles. The maximum Gasteiger partial charge on any atom is 0.271 e. The van der Waals surface area contributed by atoms with Crippen molar-refractivity contribution in [3.8, 4) is 0 Å². The first kappa shape index (κ1) is 9.69. The van der Waals surface area contributed by atoms with E-state index < -0.39 is 11.7 Å². The SMILES string of the molecule is O=[N+]([O-])/N=C1\NCCN1CCCF. The van der Waals surface area contributed by atoms with E-state index in [1.165, 1.54) is 0 Å². The molecule has 1 heterocycles. The molecule has 1 fully saturated rings. The minimum atomic E-state index is -0.754. The molecule has 0 unspecified atom stereocenters. The molecular formula is C6H11FN4O2. The highest BCUT2D eigenvalue weighted by Gasteiger charge is 2.20. The molecule has 0 radical (unpaired) electrons. The maximum atomic E-state index is 11.8. The Morgan fingerprint density at radius 2 is 2.54 bits per heavy atom. The normalized spacial score (nSPS) is 19.2. The monoisotopic (exact) mass is 190 g/mol. The van der Waals surface area contributed by atoms with E-state index in [2.05, 4.69) is 10.4 Å². The van der Waals surface area contributed by atoms with Gasteiger partial charge in [-0.25, -0.2) is 10.1 Å². The third-order valence-corrected chi connectivity index (χ3v) is 1.70. The number of rotatable bonds is 4. The summed E-state index contributed by atoms with van der Waals surface area (Å²) in [6, 6.07) is 0. The molecule has 1 N–H and O–H groups in total. The number of alkyl halides is 1. The molecule has 7 heteroatoms. The van der Waals surface area contributed by atoms with Crippen LogP contribution in [0, 0.1) is 10.1 Å². The van der Waals surface area contributed by atoms with Crippen LogP contribution < -0.4 is 5.32 Å². The summed E-state index contributed by atoms with van der Waals surface area (Å²) >= 11 is 0. The van der Waals surface area contributed by atoms with Crippen LogP contribution in [0.25, 0.3) is 0 Å². The van der Waals surface area contributed by atoms with Crippen molar-refractivity contribution in [2.45, 2.75) is 6.42 Å². The minimum absolute atomic E-state index is 0.235. The van der Waals surface area contributed by atoms with Crippen LogP contribution in [0.2, 0.25) is 0 Å². The van der Waals surface area contributed by atoms with E-state index in [4.69, 9.17) is 0 Å². The van der Waals surface area contributed by atoms with Gasteiger partial charge in [0.2, 0.25) is 0 Å². The Kier molecular flexibility index (Phi) is 3.41. The largest absolute Gasteiger partial charge is 0.349 e. The van der Waals surface area contributed by atoms with Gasteiger partial charge in [-0.1, -0.05) is 0 Å². The molecule has 0 bridgehead atoms. The molecule has 6 nitrogen and oxygen atoms in total. The summed E-state index contributed by atoms with van der Waals surface area (Å²) in [5.74, 6) is 0.235. The molecule has 0 amide bonds. The molecule has 1 rings (SSSR count). The van der Waals surface area contributed by atoms with Crippen molar-refractivity contribution in [1.29, 1.82) is 0 Å². The highest BCUT2D eigenvalue weighted by Crippen LogP contribution is 1.99. The number of nitro groups is 1. The molecule has 1 saturated heterocycles. The summed E-state index contributed by atoms with van der Waals surface area (Å²) in [6.07, 6.45) is 0.373. The summed E-state index contributed by atoms with van der Waals surface area (Å²) in [4.78, 5) is 11.7. The molecule has 0 atom stereocenters. The van der Waals surface area contributed by atoms with Crippen LogP contribution in [0.15, 0.2) is 5.10 Å². The van der Waals surface area contributed by atoms with Gasteiger partial charge in [-0.05, 0) is 6.42 Å². The molecule has 0 aromatic carbocycles. The van der Waals surface area contributed by atoms with Gasteiger partial charge < -0.3 is 10.2 Å². The van der Waals surface area contributed by atoms with Gasteiger partial charge in [0.1, 0.15) is 5.10 Å². The first-order chi connectivity index (χ1) is 6.24. The van der Waals surface area contributed by atoms with E-state index in [0.717, 1.165) is 0 Å². The number of hydrogen-bond donors (Lipinski definition) is 1. The van der Waals surface area contributed by atoms with Crippen molar-refractivity contribution in [2.24, 2.45) is 5.10 Å². The molecule has 0 aliphatic carbocycles. The lowest BCUT2D eigenvalue weighted by Crippen LogP contribution is -2.32. The fourth-order valence-electron chi connectivity index (χ4n) is 1.16. The van der Waals surface area contributed by atoms with Crippen LogP contribution >= 0.6 is 0 Å². The third-order valence-electron chi connectivity index (χ3n) is 1.70. The van der Waals surface area contributed by atoms with Gasteiger partial charge in [0.25, 0.3) is 5.96 Å². The summed E-state index contributed by atoms with van der Waals surface area (Å²) in [7, 11) is 0. The lowest BCUT2D eigenvalue weighted by atomic mass is 10.4. The maximum absolute atomic E-state index is 11.8. The van der Waals surface area contributed by atoms with Gasteiger partial charge in [0.15, 0.2) is 5.03 Å². The van der Waals surface area contributed by atoms with Crippen LogP contribution in [0.4, 0.5) is 4.39 Å². The fourth-order valence-corrected chi connectivity index (χ4v) is 1.16. The van der Waals surface area contributed by atoms with Gasteiger partial charge in [0.05, 0.1) is 6.67 Å². The molecule has 13 heavy (non-hydrogen) atoms. The first-order valence-electron chi connectivity index (χ1n) is 4.02. The summed E-state index contributed by atoms with van der Waals surface area (Å²) in [5, 5.41) is 15.2. The van der Waals surface area contributed by atoms with Gasteiger partial charge in [-0.15, -0.1) is 0 Å². The van der Waals surface area contributed by atoms with Crippen LogP contribution in [0.1, 0.15) is 6.42 Å². The van der Waals surface area contributed by atoms with Crippen molar-refractivity contribution in [2.75, 3.05) is 26.3 Å². The van der Waals surface area contributed by atoms with Gasteiger partial charge >= 0.3 is 0 Å². The Morgan fingerprint density at radius 3 is 3.15 bits per heavy atom. The van der Waals surface area contributed by atoms with E-state index in [0.29, 0.717) is 26.1 Å². The zero-order valence-corrected chi connectivity index (χ0v) is 7.07. The van der Waals surface area contributed by atoms with Gasteiger partial charge in [0, 0.05) is 19.6 Å². The van der Waals surface area contributed by atoms with E-state index >= 15 is 0 Å². The van der Waals surface area contributed by atoms with Crippen molar-refractivity contribution < 1.29 is 9.42 Å². The van der Waals surface area contributed by atoms with E-state index in [9.17, 15) is 14.5 Å². The van der Waals surface area contributed by atoms with Crippen LogP contribution in [-0.4, -0.2) is 42.2 Å². The van der Waals surface area contributed by atoms with E-state index in [-0.39, 0.29) is 5.96 Å². The molecule has 1 aliphatic heterocycles.